The van der Waals surface area contributed by atoms with E-state index in [0.717, 1.165) is 0 Å². The van der Waals surface area contributed by atoms with Gasteiger partial charge < -0.3 is 38.3 Å². The Balaban J connectivity index is 0. The summed E-state index contributed by atoms with van der Waals surface area (Å²) in [6.07, 6.45) is 0. The van der Waals surface area contributed by atoms with Gasteiger partial charge in [0.25, 0.3) is 0 Å². The third kappa shape index (κ3) is 337. The molecule has 66 valence electrons. The Morgan fingerprint density at radius 3 is 0.273 bits per heavy atom. The first kappa shape index (κ1) is 530. The molecule has 11 heavy (non-hydrogen) atoms. The number of hydrogen-bond acceptors (Lipinski definition) is 0. The minimum Gasteiger partial charge on any atom is -2.00 e. The molecule has 0 N–H and O–H groups in total. The molecule has 0 fully saturated rings. The average Bonchev–Trinajstić information content (AvgIpc) is 0. The standard InChI is InChI=1S/2Fe.2Ge.7O/q2*+3;2*+4;7*-2. The van der Waals surface area contributed by atoms with E-state index >= 15 is 0 Å². The zero-order valence-electron chi connectivity index (χ0n) is 4.56. The van der Waals surface area contributed by atoms with Crippen LogP contribution in [-0.2, 0) is 72.5 Å². The van der Waals surface area contributed by atoms with Crippen LogP contribution < -0.4 is 0 Å². The Hall–Kier alpha value is 1.84. The molecule has 0 heterocycles. The molecule has 0 bridgehead atoms. The second-order valence-electron chi connectivity index (χ2n) is 0. The van der Waals surface area contributed by atoms with Crippen LogP contribution in [0.4, 0.5) is 0 Å². The van der Waals surface area contributed by atoms with Gasteiger partial charge in [0.05, 0.1) is 0 Å². The fourth-order valence-corrected chi connectivity index (χ4v) is 0. The SMILES string of the molecule is [Fe+3].[Fe+3].[Ge+4].[Ge+4].[O-2].[O-2].[O-2].[O-2].[O-2].[O-2].[O-2]. The Labute approximate surface area is 107 Å². The largest absolute Gasteiger partial charge is 4.00 e. The minimum atomic E-state index is 0. The van der Waals surface area contributed by atoms with Gasteiger partial charge in [0.1, 0.15) is 0 Å². The summed E-state index contributed by atoms with van der Waals surface area (Å²) in [6.45, 7) is 0. The van der Waals surface area contributed by atoms with Crippen molar-refractivity contribution in [3.8, 4) is 0 Å². The molecular formula is Fe2Ge2O7. The Bertz CT molecular complexity index is 14.4. The first-order valence-electron chi connectivity index (χ1n) is 0. The Morgan fingerprint density at radius 2 is 0.273 bits per heavy atom. The summed E-state index contributed by atoms with van der Waals surface area (Å²) in [7, 11) is 0. The average molecular weight is 369 g/mol. The quantitative estimate of drug-likeness (QED) is 0.443. The molecule has 0 amide bonds. The molecule has 0 aliphatic rings. The van der Waals surface area contributed by atoms with Crippen LogP contribution in [0.5, 0.6) is 0 Å². The second kappa shape index (κ2) is 409. The van der Waals surface area contributed by atoms with Gasteiger partial charge >= 0.3 is 69.3 Å². The van der Waals surface area contributed by atoms with Crippen molar-refractivity contribution in [1.29, 1.82) is 0 Å². The summed E-state index contributed by atoms with van der Waals surface area (Å²) in [5.41, 5.74) is 0. The number of hydrogen-bond donors (Lipinski definition) is 0. The van der Waals surface area contributed by atoms with Crippen LogP contribution in [-0.4, -0.2) is 35.2 Å². The van der Waals surface area contributed by atoms with Crippen molar-refractivity contribution >= 4 is 35.2 Å². The van der Waals surface area contributed by atoms with Crippen LogP contribution >= 0.6 is 0 Å². The third-order valence-corrected chi connectivity index (χ3v) is 0. The fourth-order valence-electron chi connectivity index (χ4n) is 0. The van der Waals surface area contributed by atoms with Crippen molar-refractivity contribution < 1.29 is 72.5 Å². The molecule has 0 rings (SSSR count). The van der Waals surface area contributed by atoms with Gasteiger partial charge in [0, 0.05) is 0 Å². The van der Waals surface area contributed by atoms with Crippen molar-refractivity contribution in [2.24, 2.45) is 0 Å². The molecule has 0 aliphatic carbocycles. The van der Waals surface area contributed by atoms with E-state index in [1.54, 1.807) is 0 Å². The van der Waals surface area contributed by atoms with Crippen LogP contribution in [0.2, 0.25) is 0 Å². The summed E-state index contributed by atoms with van der Waals surface area (Å²) in [6, 6.07) is 0. The van der Waals surface area contributed by atoms with Crippen LogP contribution in [0.15, 0.2) is 0 Å². The zero-order chi connectivity index (χ0) is 0. The Morgan fingerprint density at radius 1 is 0.273 bits per heavy atom. The first-order chi connectivity index (χ1) is 0. The van der Waals surface area contributed by atoms with Crippen LogP contribution in [0.1, 0.15) is 0 Å². The van der Waals surface area contributed by atoms with Crippen molar-refractivity contribution in [2.75, 3.05) is 0 Å². The molecule has 0 aromatic rings. The predicted octanol–water partition coefficient (Wildman–Crippen LogP) is -1.60. The van der Waals surface area contributed by atoms with Gasteiger partial charge in [0.2, 0.25) is 0 Å². The predicted molar refractivity (Wildman–Crippen MR) is 16.3 cm³/mol. The van der Waals surface area contributed by atoms with E-state index in [2.05, 4.69) is 0 Å². The Kier molecular flexibility index (Phi) is 19700. The van der Waals surface area contributed by atoms with Crippen molar-refractivity contribution in [1.82, 2.24) is 0 Å². The molecule has 0 atom stereocenters. The van der Waals surface area contributed by atoms with Gasteiger partial charge in [-0.05, 0) is 0 Å². The molecular weight excluding hydrogens is 369 g/mol. The molecule has 0 aromatic heterocycles. The van der Waals surface area contributed by atoms with E-state index in [4.69, 9.17) is 0 Å². The monoisotopic (exact) mass is 372 g/mol. The molecule has 0 saturated carbocycles. The number of rotatable bonds is 0. The van der Waals surface area contributed by atoms with Gasteiger partial charge in [-0.15, -0.1) is 0 Å². The zero-order valence-corrected chi connectivity index (χ0v) is 11.0. The summed E-state index contributed by atoms with van der Waals surface area (Å²) in [4.78, 5) is 0. The maximum atomic E-state index is 0. The fraction of sp³-hybridized carbons (Fsp3) is 0. The molecule has 0 aromatic carbocycles. The van der Waals surface area contributed by atoms with Gasteiger partial charge in [-0.2, -0.15) is 0 Å². The van der Waals surface area contributed by atoms with Crippen molar-refractivity contribution in [3.63, 3.8) is 0 Å². The van der Waals surface area contributed by atoms with Gasteiger partial charge in [0.15, 0.2) is 0 Å². The maximum absolute atomic E-state index is 0. The normalized spacial score (nSPS) is 0. The van der Waals surface area contributed by atoms with Crippen LogP contribution in [0.25, 0.3) is 0 Å². The van der Waals surface area contributed by atoms with Gasteiger partial charge in [-0.3, -0.25) is 0 Å². The van der Waals surface area contributed by atoms with E-state index in [1.807, 2.05) is 0 Å². The van der Waals surface area contributed by atoms with Gasteiger partial charge in [-0.1, -0.05) is 0 Å². The van der Waals surface area contributed by atoms with Gasteiger partial charge in [-0.25, -0.2) is 0 Å². The van der Waals surface area contributed by atoms with Crippen LogP contribution in [0.3, 0.4) is 0 Å². The summed E-state index contributed by atoms with van der Waals surface area (Å²) >= 11 is 0. The minimum absolute atomic E-state index is 0. The first-order valence-corrected chi connectivity index (χ1v) is 0. The van der Waals surface area contributed by atoms with Crippen LogP contribution in [0, 0.1) is 0 Å². The summed E-state index contributed by atoms with van der Waals surface area (Å²) < 4.78 is 0. The third-order valence-electron chi connectivity index (χ3n) is 0. The van der Waals surface area contributed by atoms with E-state index in [1.165, 1.54) is 0 Å². The molecule has 7 nitrogen and oxygen atoms in total. The molecule has 11 heteroatoms. The molecule has 0 spiro atoms. The van der Waals surface area contributed by atoms with E-state index in [-0.39, 0.29) is 108 Å². The second-order valence-corrected chi connectivity index (χ2v) is 0. The topological polar surface area (TPSA) is 200 Å². The molecule has 0 saturated heterocycles. The molecule has 2 radical (unpaired) electrons. The van der Waals surface area contributed by atoms with Crippen molar-refractivity contribution in [2.45, 2.75) is 0 Å². The maximum Gasteiger partial charge on any atom is 4.00 e. The van der Waals surface area contributed by atoms with E-state index < -0.39 is 0 Å². The summed E-state index contributed by atoms with van der Waals surface area (Å²) in [5.74, 6) is 0. The molecule has 0 aliphatic heterocycles. The summed E-state index contributed by atoms with van der Waals surface area (Å²) in [5, 5.41) is 0. The van der Waals surface area contributed by atoms with E-state index in [0.29, 0.717) is 0 Å². The van der Waals surface area contributed by atoms with E-state index in [9.17, 15) is 0 Å². The van der Waals surface area contributed by atoms with Crippen molar-refractivity contribution in [3.05, 3.63) is 0 Å². The molecule has 0 unspecified atom stereocenters. The smallest absolute Gasteiger partial charge is 2.00 e.